The zero-order valence-corrected chi connectivity index (χ0v) is 17.1. The van der Waals surface area contributed by atoms with Crippen molar-refractivity contribution in [1.82, 2.24) is 0 Å². The largest absolute Gasteiger partial charge is 0.143 e. The fourth-order valence-electron chi connectivity index (χ4n) is 3.98. The number of thiol groups is 1. The highest BCUT2D eigenvalue weighted by Crippen LogP contribution is 2.31. The van der Waals surface area contributed by atoms with Gasteiger partial charge in [-0.2, -0.15) is 0 Å². The molecule has 0 aliphatic heterocycles. The van der Waals surface area contributed by atoms with Crippen LogP contribution in [0, 0.1) is 0 Å². The van der Waals surface area contributed by atoms with Gasteiger partial charge in [0.2, 0.25) is 0 Å². The molecule has 1 aromatic carbocycles. The fourth-order valence-corrected chi connectivity index (χ4v) is 9.78. The Hall–Kier alpha value is -0.213. The fraction of sp³-hybridized carbons (Fsp3) is 0.700. The molecule has 22 heavy (non-hydrogen) atoms. The van der Waals surface area contributed by atoms with Crippen LogP contribution in [0.15, 0.2) is 23.1 Å². The van der Waals surface area contributed by atoms with Crippen LogP contribution >= 0.6 is 12.6 Å². The van der Waals surface area contributed by atoms with Crippen molar-refractivity contribution in [3.8, 4) is 0 Å². The SMILES string of the molecule is CCCCc1cc(C[Si](CCC)(CCC)CCC)ccc1S. The Bertz CT molecular complexity index is 411. The zero-order chi connectivity index (χ0) is 16.4. The molecule has 126 valence electrons. The maximum absolute atomic E-state index is 4.66. The van der Waals surface area contributed by atoms with Crippen molar-refractivity contribution in [3.63, 3.8) is 0 Å². The second kappa shape index (κ2) is 10.5. The van der Waals surface area contributed by atoms with Gasteiger partial charge in [0.15, 0.2) is 0 Å². The van der Waals surface area contributed by atoms with E-state index >= 15 is 0 Å². The van der Waals surface area contributed by atoms with Gasteiger partial charge < -0.3 is 0 Å². The Balaban J connectivity index is 2.96. The van der Waals surface area contributed by atoms with Gasteiger partial charge >= 0.3 is 0 Å². The minimum Gasteiger partial charge on any atom is -0.143 e. The number of benzene rings is 1. The molecular weight excluding hydrogens is 300 g/mol. The van der Waals surface area contributed by atoms with Crippen LogP contribution in [0.25, 0.3) is 0 Å². The lowest BCUT2D eigenvalue weighted by molar-refractivity contribution is 0.784. The van der Waals surface area contributed by atoms with Gasteiger partial charge in [0.25, 0.3) is 0 Å². The topological polar surface area (TPSA) is 0 Å². The van der Waals surface area contributed by atoms with Gasteiger partial charge in [-0.15, -0.1) is 12.6 Å². The molecular formula is C20H36SSi. The van der Waals surface area contributed by atoms with Crippen LogP contribution in [-0.2, 0) is 12.5 Å². The van der Waals surface area contributed by atoms with Crippen molar-refractivity contribution in [1.29, 1.82) is 0 Å². The highest BCUT2D eigenvalue weighted by Gasteiger charge is 2.30. The first-order valence-corrected chi connectivity index (χ1v) is 12.7. The molecule has 0 spiro atoms. The summed E-state index contributed by atoms with van der Waals surface area (Å²) in [5, 5.41) is 0. The molecule has 0 N–H and O–H groups in total. The summed E-state index contributed by atoms with van der Waals surface area (Å²) in [5.74, 6) is 0. The highest BCUT2D eigenvalue weighted by molar-refractivity contribution is 7.80. The van der Waals surface area contributed by atoms with Crippen molar-refractivity contribution < 1.29 is 0 Å². The minimum atomic E-state index is -1.13. The smallest absolute Gasteiger partial charge is 0.0579 e. The lowest BCUT2D eigenvalue weighted by Crippen LogP contribution is -2.36. The van der Waals surface area contributed by atoms with E-state index in [0.29, 0.717) is 0 Å². The zero-order valence-electron chi connectivity index (χ0n) is 15.3. The van der Waals surface area contributed by atoms with E-state index in [0.717, 1.165) is 0 Å². The van der Waals surface area contributed by atoms with Crippen molar-refractivity contribution >= 4 is 20.7 Å². The summed E-state index contributed by atoms with van der Waals surface area (Å²) in [6, 6.07) is 13.0. The number of aryl methyl sites for hydroxylation is 1. The molecule has 0 atom stereocenters. The molecule has 1 aromatic rings. The number of unbranched alkanes of at least 4 members (excludes halogenated alkanes) is 1. The van der Waals surface area contributed by atoms with E-state index in [-0.39, 0.29) is 0 Å². The second-order valence-corrected chi connectivity index (χ2v) is 12.3. The van der Waals surface area contributed by atoms with Crippen LogP contribution in [0.4, 0.5) is 0 Å². The van der Waals surface area contributed by atoms with Crippen LogP contribution in [0.3, 0.4) is 0 Å². The van der Waals surface area contributed by atoms with Gasteiger partial charge in [-0.1, -0.05) is 89.2 Å². The quantitative estimate of drug-likeness (QED) is 0.324. The van der Waals surface area contributed by atoms with E-state index in [4.69, 9.17) is 0 Å². The Kier molecular flexibility index (Phi) is 9.50. The maximum atomic E-state index is 4.66. The van der Waals surface area contributed by atoms with Crippen molar-refractivity contribution in [2.24, 2.45) is 0 Å². The van der Waals surface area contributed by atoms with E-state index in [1.807, 2.05) is 0 Å². The Labute approximate surface area is 145 Å². The molecule has 0 fully saturated rings. The van der Waals surface area contributed by atoms with E-state index in [9.17, 15) is 0 Å². The van der Waals surface area contributed by atoms with Gasteiger partial charge in [-0.25, -0.2) is 0 Å². The molecule has 0 aliphatic carbocycles. The number of rotatable bonds is 11. The third kappa shape index (κ3) is 6.12. The highest BCUT2D eigenvalue weighted by atomic mass is 32.1. The van der Waals surface area contributed by atoms with E-state index in [1.165, 1.54) is 73.2 Å². The Morgan fingerprint density at radius 1 is 0.864 bits per heavy atom. The Morgan fingerprint density at radius 3 is 1.95 bits per heavy atom. The maximum Gasteiger partial charge on any atom is 0.0579 e. The summed E-state index contributed by atoms with van der Waals surface area (Å²) >= 11 is 4.66. The molecule has 0 aliphatic rings. The van der Waals surface area contributed by atoms with Crippen molar-refractivity contribution in [2.75, 3.05) is 0 Å². The standard InChI is InChI=1S/C20H36SSi/c1-5-9-10-19-16-18(11-12-20(19)21)17-22(13-6-2,14-7-3)15-8-4/h11-12,16,21H,5-10,13-15,17H2,1-4H3. The van der Waals surface area contributed by atoms with Crippen LogP contribution < -0.4 is 0 Å². The minimum absolute atomic E-state index is 1.13. The normalized spacial score (nSPS) is 11.9. The van der Waals surface area contributed by atoms with Gasteiger partial charge in [0, 0.05) is 4.90 Å². The summed E-state index contributed by atoms with van der Waals surface area (Å²) in [7, 11) is -1.13. The molecule has 2 heteroatoms. The van der Waals surface area contributed by atoms with Crippen molar-refractivity contribution in [2.45, 2.75) is 95.3 Å². The van der Waals surface area contributed by atoms with Crippen LogP contribution in [0.5, 0.6) is 0 Å². The molecule has 0 bridgehead atoms. The average Bonchev–Trinajstić information content (AvgIpc) is 2.48. The van der Waals surface area contributed by atoms with Crippen LogP contribution in [0.1, 0.15) is 70.9 Å². The van der Waals surface area contributed by atoms with E-state index < -0.39 is 8.07 Å². The Morgan fingerprint density at radius 2 is 1.45 bits per heavy atom. The molecule has 0 aromatic heterocycles. The summed E-state index contributed by atoms with van der Waals surface area (Å²) in [4.78, 5) is 1.19. The lowest BCUT2D eigenvalue weighted by atomic mass is 10.1. The van der Waals surface area contributed by atoms with Crippen molar-refractivity contribution in [3.05, 3.63) is 29.3 Å². The third-order valence-corrected chi connectivity index (χ3v) is 11.1. The number of hydrogen-bond donors (Lipinski definition) is 1. The molecule has 0 heterocycles. The number of hydrogen-bond acceptors (Lipinski definition) is 1. The van der Waals surface area contributed by atoms with E-state index in [2.05, 4.69) is 58.5 Å². The monoisotopic (exact) mass is 336 g/mol. The van der Waals surface area contributed by atoms with E-state index in [1.54, 1.807) is 5.56 Å². The van der Waals surface area contributed by atoms with Crippen LogP contribution in [-0.4, -0.2) is 8.07 Å². The first-order chi connectivity index (χ1) is 10.6. The molecule has 0 saturated carbocycles. The van der Waals surface area contributed by atoms with Crippen LogP contribution in [0.2, 0.25) is 18.1 Å². The summed E-state index contributed by atoms with van der Waals surface area (Å²) in [5.41, 5.74) is 3.06. The van der Waals surface area contributed by atoms with Gasteiger partial charge in [0.05, 0.1) is 8.07 Å². The summed E-state index contributed by atoms with van der Waals surface area (Å²) in [6.07, 6.45) is 7.81. The second-order valence-electron chi connectivity index (χ2n) is 6.99. The lowest BCUT2D eigenvalue weighted by Gasteiger charge is -2.32. The molecule has 0 nitrogen and oxygen atoms in total. The molecule has 0 unspecified atom stereocenters. The molecule has 1 rings (SSSR count). The average molecular weight is 337 g/mol. The summed E-state index contributed by atoms with van der Waals surface area (Å²) < 4.78 is 0. The van der Waals surface area contributed by atoms with Gasteiger partial charge in [-0.3, -0.25) is 0 Å². The first-order valence-electron chi connectivity index (χ1n) is 9.41. The molecule has 0 radical (unpaired) electrons. The predicted molar refractivity (Wildman–Crippen MR) is 107 cm³/mol. The first kappa shape index (κ1) is 19.8. The summed E-state index contributed by atoms with van der Waals surface area (Å²) in [6.45, 7) is 9.38. The van der Waals surface area contributed by atoms with Gasteiger partial charge in [0.1, 0.15) is 0 Å². The molecule has 0 saturated heterocycles. The predicted octanol–water partition coefficient (Wildman–Crippen LogP) is 7.08. The van der Waals surface area contributed by atoms with Gasteiger partial charge in [-0.05, 0) is 30.5 Å². The third-order valence-electron chi connectivity index (χ3n) is 4.86. The molecule has 0 amide bonds.